The van der Waals surface area contributed by atoms with Gasteiger partial charge in [0.1, 0.15) is 0 Å². The predicted molar refractivity (Wildman–Crippen MR) is 77.8 cm³/mol. The number of aryl methyl sites for hydroxylation is 1. The van der Waals surface area contributed by atoms with Crippen LogP contribution < -0.4 is 5.32 Å². The number of nitrogens with one attached hydrogen (secondary N) is 1. The first-order valence-corrected chi connectivity index (χ1v) is 7.34. The van der Waals surface area contributed by atoms with Crippen LogP contribution in [0.15, 0.2) is 6.07 Å². The molecule has 2 rings (SSSR count). The highest BCUT2D eigenvalue weighted by atomic mass is 15.0. The number of hydrogen-bond donors (Lipinski definition) is 1. The molecule has 1 N–H and O–H groups in total. The molecule has 2 heteroatoms. The lowest BCUT2D eigenvalue weighted by Gasteiger charge is -2.33. The highest BCUT2D eigenvalue weighted by Crippen LogP contribution is 2.35. The molecule has 1 saturated carbocycles. The zero-order valence-corrected chi connectivity index (χ0v) is 12.5. The second-order valence-corrected chi connectivity index (χ2v) is 6.43. The average Bonchev–Trinajstić information content (AvgIpc) is 2.58. The van der Waals surface area contributed by atoms with Gasteiger partial charge in [0.2, 0.25) is 0 Å². The zero-order valence-electron chi connectivity index (χ0n) is 12.5. The molecule has 1 fully saturated rings. The van der Waals surface area contributed by atoms with Crippen LogP contribution in [0.2, 0.25) is 0 Å². The van der Waals surface area contributed by atoms with Crippen molar-refractivity contribution in [1.82, 2.24) is 9.88 Å². The Labute approximate surface area is 112 Å². The quantitative estimate of drug-likeness (QED) is 0.859. The van der Waals surface area contributed by atoms with Gasteiger partial charge in [0.15, 0.2) is 0 Å². The molecular weight excluding hydrogens is 220 g/mol. The molecule has 0 unspecified atom stereocenters. The van der Waals surface area contributed by atoms with Crippen LogP contribution in [0.3, 0.4) is 0 Å². The van der Waals surface area contributed by atoms with Gasteiger partial charge in [-0.05, 0) is 43.7 Å². The van der Waals surface area contributed by atoms with E-state index in [0.717, 1.165) is 6.54 Å². The van der Waals surface area contributed by atoms with Crippen LogP contribution in [-0.2, 0) is 13.6 Å². The lowest BCUT2D eigenvalue weighted by molar-refractivity contribution is 0.207. The number of nitrogens with zero attached hydrogens (tertiary/aromatic N) is 1. The normalized spacial score (nSPS) is 19.1. The standard InChI is InChI=1S/C16H28N2/c1-13-10-15(14(2)18(13)4)11-17-12-16(3)8-6-5-7-9-16/h10,17H,5-9,11-12H2,1-4H3. The molecule has 1 aromatic rings. The maximum Gasteiger partial charge on any atom is 0.0223 e. The van der Waals surface area contributed by atoms with Crippen molar-refractivity contribution in [3.05, 3.63) is 23.0 Å². The summed E-state index contributed by atoms with van der Waals surface area (Å²) >= 11 is 0. The Hall–Kier alpha value is -0.760. The first-order valence-electron chi connectivity index (χ1n) is 7.34. The van der Waals surface area contributed by atoms with E-state index in [1.54, 1.807) is 0 Å². The molecular formula is C16H28N2. The molecule has 1 aromatic heterocycles. The van der Waals surface area contributed by atoms with E-state index in [4.69, 9.17) is 0 Å². The molecule has 0 radical (unpaired) electrons. The van der Waals surface area contributed by atoms with E-state index < -0.39 is 0 Å². The fourth-order valence-corrected chi connectivity index (χ4v) is 3.19. The van der Waals surface area contributed by atoms with Gasteiger partial charge < -0.3 is 9.88 Å². The second-order valence-electron chi connectivity index (χ2n) is 6.43. The zero-order chi connectivity index (χ0) is 13.2. The Balaban J connectivity index is 1.86. The van der Waals surface area contributed by atoms with Gasteiger partial charge in [-0.25, -0.2) is 0 Å². The van der Waals surface area contributed by atoms with Gasteiger partial charge in [-0.15, -0.1) is 0 Å². The van der Waals surface area contributed by atoms with Crippen molar-refractivity contribution in [2.75, 3.05) is 6.54 Å². The van der Waals surface area contributed by atoms with Gasteiger partial charge >= 0.3 is 0 Å². The van der Waals surface area contributed by atoms with Gasteiger partial charge in [0.25, 0.3) is 0 Å². The fourth-order valence-electron chi connectivity index (χ4n) is 3.19. The van der Waals surface area contributed by atoms with Crippen molar-refractivity contribution in [2.24, 2.45) is 12.5 Å². The molecule has 0 saturated heterocycles. The molecule has 1 aliphatic rings. The van der Waals surface area contributed by atoms with Crippen LogP contribution >= 0.6 is 0 Å². The van der Waals surface area contributed by atoms with E-state index >= 15 is 0 Å². The second kappa shape index (κ2) is 5.48. The smallest absolute Gasteiger partial charge is 0.0223 e. The van der Waals surface area contributed by atoms with Crippen LogP contribution in [0.25, 0.3) is 0 Å². The maximum absolute atomic E-state index is 3.68. The van der Waals surface area contributed by atoms with E-state index in [0.29, 0.717) is 5.41 Å². The van der Waals surface area contributed by atoms with Gasteiger partial charge in [0.05, 0.1) is 0 Å². The number of rotatable bonds is 4. The van der Waals surface area contributed by atoms with Crippen LogP contribution in [0.5, 0.6) is 0 Å². The molecule has 1 aliphatic carbocycles. The van der Waals surface area contributed by atoms with E-state index in [9.17, 15) is 0 Å². The van der Waals surface area contributed by atoms with E-state index in [-0.39, 0.29) is 0 Å². The summed E-state index contributed by atoms with van der Waals surface area (Å²) in [6, 6.07) is 2.31. The first-order chi connectivity index (χ1) is 8.52. The largest absolute Gasteiger partial charge is 0.352 e. The molecule has 0 atom stereocenters. The molecule has 0 amide bonds. The van der Waals surface area contributed by atoms with Crippen molar-refractivity contribution >= 4 is 0 Å². The van der Waals surface area contributed by atoms with Gasteiger partial charge in [-0.2, -0.15) is 0 Å². The third-order valence-corrected chi connectivity index (χ3v) is 4.81. The third kappa shape index (κ3) is 2.97. The Morgan fingerprint density at radius 3 is 2.44 bits per heavy atom. The SMILES string of the molecule is Cc1cc(CNCC2(C)CCCCC2)c(C)n1C. The monoisotopic (exact) mass is 248 g/mol. The van der Waals surface area contributed by atoms with Crippen LogP contribution in [0.4, 0.5) is 0 Å². The van der Waals surface area contributed by atoms with Crippen molar-refractivity contribution in [2.45, 2.75) is 59.4 Å². The predicted octanol–water partition coefficient (Wildman–Crippen LogP) is 3.70. The summed E-state index contributed by atoms with van der Waals surface area (Å²) < 4.78 is 2.28. The van der Waals surface area contributed by atoms with E-state index in [1.165, 1.54) is 55.6 Å². The van der Waals surface area contributed by atoms with E-state index in [2.05, 4.69) is 43.8 Å². The first kappa shape index (κ1) is 13.7. The molecule has 0 aromatic carbocycles. The average molecular weight is 248 g/mol. The summed E-state index contributed by atoms with van der Waals surface area (Å²) in [4.78, 5) is 0. The molecule has 0 bridgehead atoms. The molecule has 1 heterocycles. The summed E-state index contributed by atoms with van der Waals surface area (Å²) in [6.07, 6.45) is 7.06. The minimum atomic E-state index is 0.538. The Bertz CT molecular complexity index is 397. The highest BCUT2D eigenvalue weighted by Gasteiger charge is 2.26. The van der Waals surface area contributed by atoms with Crippen molar-refractivity contribution in [3.8, 4) is 0 Å². The topological polar surface area (TPSA) is 17.0 Å². The lowest BCUT2D eigenvalue weighted by atomic mass is 9.76. The minimum Gasteiger partial charge on any atom is -0.352 e. The van der Waals surface area contributed by atoms with Crippen molar-refractivity contribution < 1.29 is 0 Å². The Morgan fingerprint density at radius 1 is 1.22 bits per heavy atom. The Morgan fingerprint density at radius 2 is 1.89 bits per heavy atom. The Kier molecular flexibility index (Phi) is 4.16. The lowest BCUT2D eigenvalue weighted by Crippen LogP contribution is -2.33. The molecule has 0 aliphatic heterocycles. The molecule has 2 nitrogen and oxygen atoms in total. The molecule has 0 spiro atoms. The third-order valence-electron chi connectivity index (χ3n) is 4.81. The van der Waals surface area contributed by atoms with E-state index in [1.807, 2.05) is 0 Å². The summed E-state index contributed by atoms with van der Waals surface area (Å²) in [5.74, 6) is 0. The summed E-state index contributed by atoms with van der Waals surface area (Å²) in [7, 11) is 2.15. The summed E-state index contributed by atoms with van der Waals surface area (Å²) in [5.41, 5.74) is 4.74. The van der Waals surface area contributed by atoms with Crippen LogP contribution in [0, 0.1) is 19.3 Å². The van der Waals surface area contributed by atoms with Gasteiger partial charge in [-0.1, -0.05) is 26.2 Å². The van der Waals surface area contributed by atoms with Crippen molar-refractivity contribution in [1.29, 1.82) is 0 Å². The van der Waals surface area contributed by atoms with Crippen molar-refractivity contribution in [3.63, 3.8) is 0 Å². The summed E-state index contributed by atoms with van der Waals surface area (Å²) in [6.45, 7) is 9.02. The minimum absolute atomic E-state index is 0.538. The van der Waals surface area contributed by atoms with Crippen LogP contribution in [0.1, 0.15) is 56.0 Å². The summed E-state index contributed by atoms with van der Waals surface area (Å²) in [5, 5.41) is 3.68. The number of hydrogen-bond acceptors (Lipinski definition) is 1. The fraction of sp³-hybridized carbons (Fsp3) is 0.750. The number of aromatic nitrogens is 1. The van der Waals surface area contributed by atoms with Gasteiger partial charge in [0, 0.05) is 31.5 Å². The molecule has 18 heavy (non-hydrogen) atoms. The highest BCUT2D eigenvalue weighted by molar-refractivity contribution is 5.26. The maximum atomic E-state index is 3.68. The van der Waals surface area contributed by atoms with Gasteiger partial charge in [-0.3, -0.25) is 0 Å². The molecule has 102 valence electrons. The van der Waals surface area contributed by atoms with Crippen LogP contribution in [-0.4, -0.2) is 11.1 Å².